The molecule has 0 spiro atoms. The average molecular weight is 131 g/mol. The van der Waals surface area contributed by atoms with Gasteiger partial charge in [0.15, 0.2) is 0 Å². The zero-order chi connectivity index (χ0) is 6.57. The fraction of sp³-hybridized carbons (Fsp3) is 0.833. The molecule has 1 nitrogen and oxygen atoms in total. The quantitative estimate of drug-likeness (QED) is 0.501. The molecule has 0 aromatic rings. The Kier molecular flexibility index (Phi) is 4.19. The van der Waals surface area contributed by atoms with Gasteiger partial charge in [-0.05, 0) is 20.3 Å². The molecule has 0 heterocycles. The van der Waals surface area contributed by atoms with Crippen molar-refractivity contribution in [3.63, 3.8) is 0 Å². The standard InChI is InChI=1S/C6H15OSi/c1-4-5(2)7-6(3)8/h5-6H,3-4H2,1-2,8H3. The van der Waals surface area contributed by atoms with Gasteiger partial charge in [0.25, 0.3) is 0 Å². The predicted octanol–water partition coefficient (Wildman–Crippen LogP) is 0.327. The largest absolute Gasteiger partial charge is 0.380 e. The summed E-state index contributed by atoms with van der Waals surface area (Å²) >= 11 is 0. The van der Waals surface area contributed by atoms with Crippen LogP contribution in [-0.4, -0.2) is 22.1 Å². The van der Waals surface area contributed by atoms with Gasteiger partial charge in [-0.2, -0.15) is 0 Å². The monoisotopic (exact) mass is 131 g/mol. The van der Waals surface area contributed by atoms with E-state index in [1.165, 1.54) is 0 Å². The Morgan fingerprint density at radius 2 is 2.25 bits per heavy atom. The molecule has 2 unspecified atom stereocenters. The van der Waals surface area contributed by atoms with E-state index in [9.17, 15) is 0 Å². The molecule has 0 N–H and O–H groups in total. The first kappa shape index (κ1) is 8.18. The molecule has 49 valence electrons. The maximum absolute atomic E-state index is 5.35. The highest BCUT2D eigenvalue weighted by molar-refractivity contribution is 6.11. The second-order valence-electron chi connectivity index (χ2n) is 2.17. The molecule has 0 aromatic heterocycles. The maximum Gasteiger partial charge on any atom is 0.0543 e. The SMILES string of the molecule is [CH2]C([SiH3])OC(C)CC. The Labute approximate surface area is 54.8 Å². The van der Waals surface area contributed by atoms with E-state index in [1.807, 2.05) is 0 Å². The molecule has 0 bridgehead atoms. The summed E-state index contributed by atoms with van der Waals surface area (Å²) in [5, 5.41) is 0. The van der Waals surface area contributed by atoms with Crippen molar-refractivity contribution < 1.29 is 4.74 Å². The molecule has 2 atom stereocenters. The number of rotatable bonds is 3. The molecule has 0 aliphatic rings. The summed E-state index contributed by atoms with van der Waals surface area (Å²) in [5.41, 5.74) is 0.268. The van der Waals surface area contributed by atoms with Crippen molar-refractivity contribution in [3.8, 4) is 0 Å². The third kappa shape index (κ3) is 4.34. The van der Waals surface area contributed by atoms with Crippen LogP contribution in [0, 0.1) is 6.92 Å². The third-order valence-electron chi connectivity index (χ3n) is 1.04. The molecule has 0 aromatic carbocycles. The van der Waals surface area contributed by atoms with Crippen molar-refractivity contribution in [2.45, 2.75) is 32.1 Å². The number of hydrogen-bond acceptors (Lipinski definition) is 1. The highest BCUT2D eigenvalue weighted by atomic mass is 28.1. The van der Waals surface area contributed by atoms with Crippen LogP contribution in [0.3, 0.4) is 0 Å². The van der Waals surface area contributed by atoms with Gasteiger partial charge in [-0.25, -0.2) is 0 Å². The normalized spacial score (nSPS) is 18.4. The van der Waals surface area contributed by atoms with E-state index in [0.717, 1.165) is 16.7 Å². The first-order valence-electron chi connectivity index (χ1n) is 3.15. The van der Waals surface area contributed by atoms with Crippen molar-refractivity contribution in [3.05, 3.63) is 6.92 Å². The summed E-state index contributed by atoms with van der Waals surface area (Å²) in [6.07, 6.45) is 1.49. The van der Waals surface area contributed by atoms with Crippen LogP contribution in [0.1, 0.15) is 20.3 Å². The topological polar surface area (TPSA) is 9.23 Å². The van der Waals surface area contributed by atoms with Gasteiger partial charge in [-0.1, -0.05) is 6.92 Å². The molecule has 2 heteroatoms. The Balaban J connectivity index is 3.10. The molecule has 0 rings (SSSR count). The lowest BCUT2D eigenvalue weighted by molar-refractivity contribution is 0.0618. The Morgan fingerprint density at radius 3 is 2.38 bits per heavy atom. The van der Waals surface area contributed by atoms with Crippen LogP contribution in [0.2, 0.25) is 0 Å². The average Bonchev–Trinajstić information content (AvgIpc) is 1.65. The van der Waals surface area contributed by atoms with Crippen molar-refractivity contribution in [1.82, 2.24) is 0 Å². The number of hydrogen-bond donors (Lipinski definition) is 0. The second-order valence-corrected chi connectivity index (χ2v) is 3.45. The van der Waals surface area contributed by atoms with Gasteiger partial charge >= 0.3 is 0 Å². The second kappa shape index (κ2) is 4.10. The molecule has 0 fully saturated rings. The van der Waals surface area contributed by atoms with E-state index in [4.69, 9.17) is 4.74 Å². The zero-order valence-corrected chi connectivity index (χ0v) is 7.98. The Bertz CT molecular complexity index is 54.5. The van der Waals surface area contributed by atoms with Gasteiger partial charge in [0.2, 0.25) is 0 Å². The van der Waals surface area contributed by atoms with E-state index in [2.05, 4.69) is 20.8 Å². The van der Waals surface area contributed by atoms with Crippen LogP contribution in [0.15, 0.2) is 0 Å². The fourth-order valence-corrected chi connectivity index (χ4v) is 0.957. The van der Waals surface area contributed by atoms with Crippen molar-refractivity contribution in [2.24, 2.45) is 0 Å². The molecule has 1 radical (unpaired) electrons. The summed E-state index contributed by atoms with van der Waals surface area (Å²) in [7, 11) is 1.04. The molecule has 0 aliphatic carbocycles. The molecule has 0 amide bonds. The summed E-state index contributed by atoms with van der Waals surface area (Å²) in [6.45, 7) is 7.96. The van der Waals surface area contributed by atoms with Crippen molar-refractivity contribution >= 4 is 10.2 Å². The Morgan fingerprint density at radius 1 is 1.75 bits per heavy atom. The highest BCUT2D eigenvalue weighted by Gasteiger charge is 1.99. The van der Waals surface area contributed by atoms with E-state index < -0.39 is 0 Å². The van der Waals surface area contributed by atoms with Crippen LogP contribution in [0.5, 0.6) is 0 Å². The molecule has 0 saturated carbocycles. The van der Waals surface area contributed by atoms with E-state index in [-0.39, 0.29) is 5.73 Å². The van der Waals surface area contributed by atoms with Crippen LogP contribution in [-0.2, 0) is 4.74 Å². The minimum absolute atomic E-state index is 0.268. The van der Waals surface area contributed by atoms with E-state index in [0.29, 0.717) is 6.10 Å². The van der Waals surface area contributed by atoms with E-state index >= 15 is 0 Å². The van der Waals surface area contributed by atoms with Crippen LogP contribution in [0.25, 0.3) is 0 Å². The Hall–Kier alpha value is 0.177. The minimum atomic E-state index is 0.268. The third-order valence-corrected chi connectivity index (χ3v) is 1.31. The zero-order valence-electron chi connectivity index (χ0n) is 5.98. The smallest absolute Gasteiger partial charge is 0.0543 e. The van der Waals surface area contributed by atoms with Gasteiger partial charge in [-0.15, -0.1) is 0 Å². The van der Waals surface area contributed by atoms with Gasteiger partial charge in [-0.3, -0.25) is 0 Å². The predicted molar refractivity (Wildman–Crippen MR) is 39.9 cm³/mol. The lowest BCUT2D eigenvalue weighted by Crippen LogP contribution is -2.15. The lowest BCUT2D eigenvalue weighted by Gasteiger charge is -2.12. The van der Waals surface area contributed by atoms with Gasteiger partial charge < -0.3 is 4.74 Å². The van der Waals surface area contributed by atoms with Crippen LogP contribution in [0.4, 0.5) is 0 Å². The van der Waals surface area contributed by atoms with Crippen molar-refractivity contribution in [1.29, 1.82) is 0 Å². The first-order valence-corrected chi connectivity index (χ1v) is 4.30. The van der Waals surface area contributed by atoms with E-state index in [1.54, 1.807) is 0 Å². The molecule has 0 saturated heterocycles. The van der Waals surface area contributed by atoms with Gasteiger partial charge in [0.05, 0.1) is 6.10 Å². The molecule has 0 aliphatic heterocycles. The highest BCUT2D eigenvalue weighted by Crippen LogP contribution is 1.97. The first-order chi connectivity index (χ1) is 3.66. The van der Waals surface area contributed by atoms with Crippen LogP contribution >= 0.6 is 0 Å². The van der Waals surface area contributed by atoms with Crippen LogP contribution < -0.4 is 0 Å². The summed E-state index contributed by atoms with van der Waals surface area (Å²) < 4.78 is 5.35. The summed E-state index contributed by atoms with van der Waals surface area (Å²) in [4.78, 5) is 0. The maximum atomic E-state index is 5.35. The molecular formula is C6H15OSi. The lowest BCUT2D eigenvalue weighted by atomic mass is 10.3. The van der Waals surface area contributed by atoms with Gasteiger partial charge in [0.1, 0.15) is 0 Å². The van der Waals surface area contributed by atoms with Gasteiger partial charge in [0, 0.05) is 16.0 Å². The summed E-state index contributed by atoms with van der Waals surface area (Å²) in [6, 6.07) is 0. The number of ether oxygens (including phenoxy) is 1. The fourth-order valence-electron chi connectivity index (χ4n) is 0.493. The van der Waals surface area contributed by atoms with Crippen molar-refractivity contribution in [2.75, 3.05) is 0 Å². The minimum Gasteiger partial charge on any atom is -0.380 e. The summed E-state index contributed by atoms with van der Waals surface area (Å²) in [5.74, 6) is 0. The molecular weight excluding hydrogens is 116 g/mol. The molecule has 8 heavy (non-hydrogen) atoms.